The van der Waals surface area contributed by atoms with Crippen molar-refractivity contribution in [2.24, 2.45) is 11.7 Å². The Morgan fingerprint density at radius 3 is 2.71 bits per heavy atom. The van der Waals surface area contributed by atoms with Crippen LogP contribution in [-0.2, 0) is 6.42 Å². The Balaban J connectivity index is 2.10. The third kappa shape index (κ3) is 3.61. The molecule has 94 valence electrons. The zero-order valence-corrected chi connectivity index (χ0v) is 11.5. The lowest BCUT2D eigenvalue weighted by Crippen LogP contribution is -2.30. The van der Waals surface area contributed by atoms with Crippen LogP contribution in [-0.4, -0.2) is 6.04 Å². The Labute approximate surface area is 113 Å². The van der Waals surface area contributed by atoms with E-state index in [4.69, 9.17) is 28.9 Å². The van der Waals surface area contributed by atoms with Crippen molar-refractivity contribution in [1.29, 1.82) is 0 Å². The summed E-state index contributed by atoms with van der Waals surface area (Å²) in [5, 5.41) is 1.57. The second-order valence-electron chi connectivity index (χ2n) is 5.00. The minimum absolute atomic E-state index is 0.313. The lowest BCUT2D eigenvalue weighted by molar-refractivity contribution is 0.395. The van der Waals surface area contributed by atoms with Crippen LogP contribution in [0.1, 0.15) is 37.7 Å². The summed E-state index contributed by atoms with van der Waals surface area (Å²) in [6.45, 7) is 0. The molecule has 0 aliphatic heterocycles. The summed E-state index contributed by atoms with van der Waals surface area (Å²) < 4.78 is 0. The van der Waals surface area contributed by atoms with Gasteiger partial charge in [-0.3, -0.25) is 0 Å². The molecule has 0 aromatic heterocycles. The Morgan fingerprint density at radius 1 is 1.12 bits per heavy atom. The molecular weight excluding hydrogens is 253 g/mol. The number of hydrogen-bond acceptors (Lipinski definition) is 1. The van der Waals surface area contributed by atoms with E-state index in [0.717, 1.165) is 28.5 Å². The van der Waals surface area contributed by atoms with Gasteiger partial charge in [-0.15, -0.1) is 0 Å². The first-order valence-electron chi connectivity index (χ1n) is 6.36. The largest absolute Gasteiger partial charge is 0.327 e. The summed E-state index contributed by atoms with van der Waals surface area (Å²) in [5.74, 6) is 0.550. The topological polar surface area (TPSA) is 26.0 Å². The van der Waals surface area contributed by atoms with Crippen LogP contribution in [0.5, 0.6) is 0 Å². The molecule has 1 saturated carbocycles. The predicted octanol–water partition coefficient (Wildman–Crippen LogP) is 4.44. The van der Waals surface area contributed by atoms with Crippen molar-refractivity contribution in [2.75, 3.05) is 0 Å². The van der Waals surface area contributed by atoms with E-state index < -0.39 is 0 Å². The molecule has 2 N–H and O–H groups in total. The summed E-state index contributed by atoms with van der Waals surface area (Å²) in [4.78, 5) is 0. The Bertz CT molecular complexity index is 378. The van der Waals surface area contributed by atoms with Crippen LogP contribution in [0.2, 0.25) is 10.0 Å². The molecule has 1 fully saturated rings. The van der Waals surface area contributed by atoms with Gasteiger partial charge in [0.1, 0.15) is 0 Å². The molecule has 0 bridgehead atoms. The van der Waals surface area contributed by atoms with E-state index in [1.165, 1.54) is 25.7 Å². The first-order chi connectivity index (χ1) is 8.16. The maximum absolute atomic E-state index is 6.24. The maximum atomic E-state index is 6.24. The first kappa shape index (κ1) is 13.2. The van der Waals surface area contributed by atoms with Crippen molar-refractivity contribution in [2.45, 2.75) is 44.6 Å². The number of benzene rings is 1. The molecule has 0 saturated heterocycles. The molecule has 0 radical (unpaired) electrons. The van der Waals surface area contributed by atoms with Gasteiger partial charge in [0, 0.05) is 16.1 Å². The molecule has 1 aromatic rings. The number of hydrogen-bond donors (Lipinski definition) is 1. The molecule has 1 nitrogen and oxygen atoms in total. The van der Waals surface area contributed by atoms with E-state index in [-0.39, 0.29) is 0 Å². The zero-order valence-electron chi connectivity index (χ0n) is 9.96. The fraction of sp³-hybridized carbons (Fsp3) is 0.571. The molecule has 1 aliphatic rings. The zero-order chi connectivity index (χ0) is 12.3. The average Bonchev–Trinajstić information content (AvgIpc) is 2.50. The van der Waals surface area contributed by atoms with Gasteiger partial charge in [0.15, 0.2) is 0 Å². The molecule has 1 aliphatic carbocycles. The Hall–Kier alpha value is -0.240. The van der Waals surface area contributed by atoms with E-state index in [0.29, 0.717) is 12.0 Å². The van der Waals surface area contributed by atoms with Gasteiger partial charge in [-0.25, -0.2) is 0 Å². The average molecular weight is 272 g/mol. The molecule has 2 unspecified atom stereocenters. The third-order valence-electron chi connectivity index (χ3n) is 3.71. The van der Waals surface area contributed by atoms with Gasteiger partial charge in [-0.05, 0) is 48.9 Å². The van der Waals surface area contributed by atoms with E-state index in [2.05, 4.69) is 0 Å². The van der Waals surface area contributed by atoms with Crippen LogP contribution in [0.3, 0.4) is 0 Å². The van der Waals surface area contributed by atoms with Crippen molar-refractivity contribution in [3.05, 3.63) is 33.8 Å². The van der Waals surface area contributed by atoms with Gasteiger partial charge in [0.2, 0.25) is 0 Å². The fourth-order valence-electron chi connectivity index (χ4n) is 2.65. The monoisotopic (exact) mass is 271 g/mol. The molecule has 0 amide bonds. The van der Waals surface area contributed by atoms with Crippen molar-refractivity contribution in [1.82, 2.24) is 0 Å². The second kappa shape index (κ2) is 6.08. The van der Waals surface area contributed by atoms with E-state index >= 15 is 0 Å². The van der Waals surface area contributed by atoms with E-state index in [9.17, 15) is 0 Å². The Morgan fingerprint density at radius 2 is 1.88 bits per heavy atom. The summed E-state index contributed by atoms with van der Waals surface area (Å²) >= 11 is 12.2. The molecule has 17 heavy (non-hydrogen) atoms. The lowest BCUT2D eigenvalue weighted by atomic mass is 9.89. The minimum atomic E-state index is 0.313. The number of rotatable bonds is 2. The van der Waals surface area contributed by atoms with Gasteiger partial charge in [-0.1, -0.05) is 42.5 Å². The molecule has 2 atom stereocenters. The third-order valence-corrected chi connectivity index (χ3v) is 4.31. The highest BCUT2D eigenvalue weighted by atomic mass is 35.5. The maximum Gasteiger partial charge on any atom is 0.0439 e. The molecule has 0 heterocycles. The van der Waals surface area contributed by atoms with Gasteiger partial charge in [0.05, 0.1) is 0 Å². The smallest absolute Gasteiger partial charge is 0.0439 e. The molecule has 3 heteroatoms. The van der Waals surface area contributed by atoms with Crippen LogP contribution >= 0.6 is 23.2 Å². The first-order valence-corrected chi connectivity index (χ1v) is 7.12. The minimum Gasteiger partial charge on any atom is -0.327 e. The van der Waals surface area contributed by atoms with Crippen LogP contribution in [0.15, 0.2) is 18.2 Å². The molecule has 1 aromatic carbocycles. The number of halogens is 2. The van der Waals surface area contributed by atoms with Crippen molar-refractivity contribution >= 4 is 23.2 Å². The molecular formula is C14H19Cl2N. The van der Waals surface area contributed by atoms with Gasteiger partial charge in [0.25, 0.3) is 0 Å². The van der Waals surface area contributed by atoms with Gasteiger partial charge >= 0.3 is 0 Å². The highest BCUT2D eigenvalue weighted by Crippen LogP contribution is 2.29. The van der Waals surface area contributed by atoms with Crippen molar-refractivity contribution in [3.8, 4) is 0 Å². The summed E-state index contributed by atoms with van der Waals surface area (Å²) in [6, 6.07) is 6.00. The second-order valence-corrected chi connectivity index (χ2v) is 5.85. The summed E-state index contributed by atoms with van der Waals surface area (Å²) in [6.07, 6.45) is 7.18. The van der Waals surface area contributed by atoms with Crippen LogP contribution in [0.25, 0.3) is 0 Å². The quantitative estimate of drug-likeness (QED) is 0.791. The predicted molar refractivity (Wildman–Crippen MR) is 74.7 cm³/mol. The summed E-state index contributed by atoms with van der Waals surface area (Å²) in [7, 11) is 0. The lowest BCUT2D eigenvalue weighted by Gasteiger charge is -2.21. The van der Waals surface area contributed by atoms with Gasteiger partial charge in [-0.2, -0.15) is 0 Å². The Kier molecular flexibility index (Phi) is 4.72. The molecule has 0 spiro atoms. The summed E-state index contributed by atoms with van der Waals surface area (Å²) in [5.41, 5.74) is 7.38. The highest BCUT2D eigenvalue weighted by molar-refractivity contribution is 6.33. The van der Waals surface area contributed by atoms with E-state index in [1.807, 2.05) is 18.2 Å². The van der Waals surface area contributed by atoms with E-state index in [1.54, 1.807) is 0 Å². The van der Waals surface area contributed by atoms with Crippen molar-refractivity contribution in [3.63, 3.8) is 0 Å². The van der Waals surface area contributed by atoms with Crippen LogP contribution < -0.4 is 5.73 Å². The SMILES string of the molecule is NC1CCCCCC1Cc1cc(Cl)ccc1Cl. The van der Waals surface area contributed by atoms with Crippen LogP contribution in [0.4, 0.5) is 0 Å². The highest BCUT2D eigenvalue weighted by Gasteiger charge is 2.21. The van der Waals surface area contributed by atoms with Gasteiger partial charge < -0.3 is 5.73 Å². The normalized spacial score (nSPS) is 25.6. The molecule has 2 rings (SSSR count). The number of nitrogens with two attached hydrogens (primary N) is 1. The van der Waals surface area contributed by atoms with Crippen molar-refractivity contribution < 1.29 is 0 Å². The standard InChI is InChI=1S/C14H19Cl2N/c15-12-6-7-13(16)11(9-12)8-10-4-2-1-3-5-14(10)17/h6-7,9-10,14H,1-5,8,17H2. The fourth-order valence-corrected chi connectivity index (χ4v) is 3.04. The van der Waals surface area contributed by atoms with Crippen LogP contribution in [0, 0.1) is 5.92 Å².